The van der Waals surface area contributed by atoms with E-state index >= 15 is 0 Å². The fourth-order valence-corrected chi connectivity index (χ4v) is 4.98. The van der Waals surface area contributed by atoms with Crippen LogP contribution in [0.5, 0.6) is 11.5 Å². The second-order valence-electron chi connectivity index (χ2n) is 6.32. The molecule has 1 aliphatic rings. The van der Waals surface area contributed by atoms with Crippen LogP contribution >= 0.6 is 11.6 Å². The first-order valence-electron chi connectivity index (χ1n) is 9.36. The third kappa shape index (κ3) is 4.37. The maximum Gasteiger partial charge on any atom is 0.247 e. The van der Waals surface area contributed by atoms with Crippen LogP contribution in [0.4, 0.5) is 5.69 Å². The summed E-state index contributed by atoms with van der Waals surface area (Å²) in [4.78, 5) is 2.28. The van der Waals surface area contributed by atoms with E-state index in [4.69, 9.17) is 21.1 Å². The maximum absolute atomic E-state index is 13.3. The van der Waals surface area contributed by atoms with E-state index < -0.39 is 10.0 Å². The SMILES string of the molecule is CCOc1cc(S(=O)(=O)N2CCN(c3ccccc3)CC2)c(OCC)cc1Cl. The van der Waals surface area contributed by atoms with Crippen molar-refractivity contribution in [3.05, 3.63) is 47.5 Å². The van der Waals surface area contributed by atoms with E-state index in [9.17, 15) is 8.42 Å². The van der Waals surface area contributed by atoms with E-state index in [1.807, 2.05) is 37.3 Å². The Morgan fingerprint density at radius 1 is 0.929 bits per heavy atom. The van der Waals surface area contributed by atoms with Gasteiger partial charge in [0.15, 0.2) is 0 Å². The average molecular weight is 425 g/mol. The highest BCUT2D eigenvalue weighted by Crippen LogP contribution is 2.37. The zero-order valence-electron chi connectivity index (χ0n) is 16.1. The molecule has 0 radical (unpaired) electrons. The molecule has 0 atom stereocenters. The summed E-state index contributed by atoms with van der Waals surface area (Å²) < 4.78 is 39.2. The van der Waals surface area contributed by atoms with Crippen molar-refractivity contribution in [2.75, 3.05) is 44.3 Å². The minimum absolute atomic E-state index is 0.0929. The van der Waals surface area contributed by atoms with Crippen molar-refractivity contribution in [1.82, 2.24) is 4.31 Å². The molecular formula is C20H25ClN2O4S. The highest BCUT2D eigenvalue weighted by Gasteiger charge is 2.32. The third-order valence-electron chi connectivity index (χ3n) is 4.58. The number of hydrogen-bond donors (Lipinski definition) is 0. The van der Waals surface area contributed by atoms with E-state index in [0.717, 1.165) is 5.69 Å². The zero-order valence-corrected chi connectivity index (χ0v) is 17.7. The van der Waals surface area contributed by atoms with Gasteiger partial charge in [0.25, 0.3) is 0 Å². The van der Waals surface area contributed by atoms with Gasteiger partial charge in [-0.25, -0.2) is 8.42 Å². The lowest BCUT2D eigenvalue weighted by molar-refractivity contribution is 0.319. The second-order valence-corrected chi connectivity index (χ2v) is 8.64. The molecule has 6 nitrogen and oxygen atoms in total. The van der Waals surface area contributed by atoms with Gasteiger partial charge in [-0.05, 0) is 26.0 Å². The predicted octanol–water partition coefficient (Wildman–Crippen LogP) is 3.65. The Hall–Kier alpha value is -1.96. The van der Waals surface area contributed by atoms with Crippen LogP contribution in [0.3, 0.4) is 0 Å². The fourth-order valence-electron chi connectivity index (χ4n) is 3.22. The van der Waals surface area contributed by atoms with E-state index in [-0.39, 0.29) is 10.6 Å². The van der Waals surface area contributed by atoms with E-state index in [1.165, 1.54) is 16.4 Å². The summed E-state index contributed by atoms with van der Waals surface area (Å²) in [6.07, 6.45) is 0. The molecule has 0 unspecified atom stereocenters. The molecule has 2 aromatic rings. The number of anilines is 1. The van der Waals surface area contributed by atoms with E-state index in [1.54, 1.807) is 6.92 Å². The number of para-hydroxylation sites is 1. The number of hydrogen-bond acceptors (Lipinski definition) is 5. The van der Waals surface area contributed by atoms with Crippen LogP contribution in [0.15, 0.2) is 47.4 Å². The Bertz CT molecular complexity index is 898. The maximum atomic E-state index is 13.3. The van der Waals surface area contributed by atoms with E-state index in [0.29, 0.717) is 50.2 Å². The molecule has 0 aliphatic carbocycles. The van der Waals surface area contributed by atoms with E-state index in [2.05, 4.69) is 4.90 Å². The van der Waals surface area contributed by atoms with Gasteiger partial charge in [0.1, 0.15) is 16.4 Å². The molecule has 3 rings (SSSR count). The average Bonchev–Trinajstić information content (AvgIpc) is 2.71. The molecular weight excluding hydrogens is 400 g/mol. The lowest BCUT2D eigenvalue weighted by atomic mass is 10.2. The fraction of sp³-hybridized carbons (Fsp3) is 0.400. The van der Waals surface area contributed by atoms with Crippen molar-refractivity contribution in [2.24, 2.45) is 0 Å². The Balaban J connectivity index is 1.85. The summed E-state index contributed by atoms with van der Waals surface area (Å²) in [5.41, 5.74) is 1.10. The van der Waals surface area contributed by atoms with Crippen LogP contribution in [-0.2, 0) is 10.0 Å². The predicted molar refractivity (Wildman–Crippen MR) is 111 cm³/mol. The van der Waals surface area contributed by atoms with Gasteiger partial charge in [-0.2, -0.15) is 4.31 Å². The quantitative estimate of drug-likeness (QED) is 0.679. The Morgan fingerprint density at radius 2 is 1.54 bits per heavy atom. The molecule has 0 saturated carbocycles. The largest absolute Gasteiger partial charge is 0.492 e. The Labute approximate surface area is 171 Å². The molecule has 152 valence electrons. The first-order valence-corrected chi connectivity index (χ1v) is 11.2. The van der Waals surface area contributed by atoms with Gasteiger partial charge in [-0.3, -0.25) is 0 Å². The summed E-state index contributed by atoms with van der Waals surface area (Å²) in [5, 5.41) is 0.332. The van der Waals surface area contributed by atoms with Crippen molar-refractivity contribution in [2.45, 2.75) is 18.7 Å². The van der Waals surface area contributed by atoms with Gasteiger partial charge in [0.05, 0.1) is 18.2 Å². The lowest BCUT2D eigenvalue weighted by Gasteiger charge is -2.35. The lowest BCUT2D eigenvalue weighted by Crippen LogP contribution is -2.48. The zero-order chi connectivity index (χ0) is 20.1. The molecule has 1 saturated heterocycles. The number of rotatable bonds is 7. The first-order chi connectivity index (χ1) is 13.5. The number of benzene rings is 2. The van der Waals surface area contributed by atoms with Crippen LogP contribution in [0, 0.1) is 0 Å². The van der Waals surface area contributed by atoms with Gasteiger partial charge in [-0.1, -0.05) is 29.8 Å². The topological polar surface area (TPSA) is 59.1 Å². The minimum atomic E-state index is -3.74. The number of nitrogens with zero attached hydrogens (tertiary/aromatic N) is 2. The summed E-state index contributed by atoms with van der Waals surface area (Å²) in [6, 6.07) is 13.0. The van der Waals surface area contributed by atoms with Crippen LogP contribution in [0.25, 0.3) is 0 Å². The van der Waals surface area contributed by atoms with Crippen molar-refractivity contribution in [3.63, 3.8) is 0 Å². The van der Waals surface area contributed by atoms with Crippen LogP contribution < -0.4 is 14.4 Å². The summed E-state index contributed by atoms with van der Waals surface area (Å²) in [5.74, 6) is 0.593. The summed E-state index contributed by atoms with van der Waals surface area (Å²) in [6.45, 7) is 6.41. The first kappa shape index (κ1) is 20.8. The summed E-state index contributed by atoms with van der Waals surface area (Å²) >= 11 is 6.22. The Morgan fingerprint density at radius 3 is 2.14 bits per heavy atom. The van der Waals surface area contributed by atoms with Crippen LogP contribution in [0.1, 0.15) is 13.8 Å². The minimum Gasteiger partial charge on any atom is -0.492 e. The smallest absolute Gasteiger partial charge is 0.247 e. The molecule has 0 amide bonds. The van der Waals surface area contributed by atoms with Crippen molar-refractivity contribution in [3.8, 4) is 11.5 Å². The number of sulfonamides is 1. The van der Waals surface area contributed by atoms with Crippen LogP contribution in [-0.4, -0.2) is 52.1 Å². The molecule has 0 N–H and O–H groups in total. The van der Waals surface area contributed by atoms with Gasteiger partial charge in [-0.15, -0.1) is 0 Å². The monoisotopic (exact) mass is 424 g/mol. The van der Waals surface area contributed by atoms with Crippen molar-refractivity contribution in [1.29, 1.82) is 0 Å². The standard InChI is InChI=1S/C20H25ClN2O4S/c1-3-26-18-15-20(19(27-4-2)14-17(18)21)28(24,25)23-12-10-22(11-13-23)16-8-6-5-7-9-16/h5-9,14-15H,3-4,10-13H2,1-2H3. The number of piperazine rings is 1. The van der Waals surface area contributed by atoms with Crippen molar-refractivity contribution >= 4 is 27.3 Å². The van der Waals surface area contributed by atoms with Gasteiger partial charge < -0.3 is 14.4 Å². The molecule has 0 bridgehead atoms. The molecule has 0 spiro atoms. The highest BCUT2D eigenvalue weighted by atomic mass is 35.5. The van der Waals surface area contributed by atoms with Gasteiger partial charge in [0, 0.05) is 44.0 Å². The second kappa shape index (κ2) is 9.03. The number of halogens is 1. The normalized spacial score (nSPS) is 15.5. The van der Waals surface area contributed by atoms with Crippen molar-refractivity contribution < 1.29 is 17.9 Å². The molecule has 1 fully saturated rings. The molecule has 28 heavy (non-hydrogen) atoms. The molecule has 1 aliphatic heterocycles. The molecule has 2 aromatic carbocycles. The van der Waals surface area contributed by atoms with Crippen LogP contribution in [0.2, 0.25) is 5.02 Å². The molecule has 8 heteroatoms. The van der Waals surface area contributed by atoms with Gasteiger partial charge in [0.2, 0.25) is 10.0 Å². The summed E-state index contributed by atoms with van der Waals surface area (Å²) in [7, 11) is -3.74. The number of ether oxygens (including phenoxy) is 2. The molecule has 1 heterocycles. The highest BCUT2D eigenvalue weighted by molar-refractivity contribution is 7.89. The van der Waals surface area contributed by atoms with Gasteiger partial charge >= 0.3 is 0 Å². The Kier molecular flexibility index (Phi) is 6.69. The molecule has 0 aromatic heterocycles. The third-order valence-corrected chi connectivity index (χ3v) is 6.79.